The van der Waals surface area contributed by atoms with E-state index in [1.54, 1.807) is 0 Å². The van der Waals surface area contributed by atoms with Gasteiger partial charge in [-0.3, -0.25) is 4.79 Å². The molecule has 1 fully saturated rings. The lowest BCUT2D eigenvalue weighted by Crippen LogP contribution is -2.36. The zero-order valence-corrected chi connectivity index (χ0v) is 17.5. The lowest BCUT2D eigenvalue weighted by molar-refractivity contribution is 0.102. The van der Waals surface area contributed by atoms with Gasteiger partial charge in [0.15, 0.2) is 0 Å². The van der Waals surface area contributed by atoms with E-state index in [9.17, 15) is 4.79 Å². The summed E-state index contributed by atoms with van der Waals surface area (Å²) >= 11 is 3.49. The highest BCUT2D eigenvalue weighted by molar-refractivity contribution is 9.10. The highest BCUT2D eigenvalue weighted by Crippen LogP contribution is 2.29. The molecule has 1 saturated heterocycles. The summed E-state index contributed by atoms with van der Waals surface area (Å²) in [5.41, 5.74) is 5.27. The van der Waals surface area contributed by atoms with E-state index in [-0.39, 0.29) is 5.91 Å². The summed E-state index contributed by atoms with van der Waals surface area (Å²) < 4.78 is 6.51. The fourth-order valence-corrected chi connectivity index (χ4v) is 3.67. The molecule has 4 rings (SSSR count). The number of aryl methyl sites for hydroxylation is 2. The molecule has 0 saturated carbocycles. The van der Waals surface area contributed by atoms with Gasteiger partial charge in [0.25, 0.3) is 5.91 Å². The predicted octanol–water partition coefficient (Wildman–Crippen LogP) is 4.70. The van der Waals surface area contributed by atoms with Gasteiger partial charge in [0.05, 0.1) is 18.7 Å². The van der Waals surface area contributed by atoms with E-state index in [0.29, 0.717) is 18.9 Å². The molecular weight excluding hydrogens is 418 g/mol. The molecule has 0 aliphatic carbocycles. The van der Waals surface area contributed by atoms with E-state index >= 15 is 0 Å². The predicted molar refractivity (Wildman–Crippen MR) is 116 cm³/mol. The molecule has 0 radical (unpaired) electrons. The summed E-state index contributed by atoms with van der Waals surface area (Å²) in [6.07, 6.45) is 0. The van der Waals surface area contributed by atoms with Crippen molar-refractivity contribution in [2.45, 2.75) is 13.8 Å². The first-order valence-corrected chi connectivity index (χ1v) is 10.1. The van der Waals surface area contributed by atoms with Gasteiger partial charge in [-0.15, -0.1) is 0 Å². The number of morpholine rings is 1. The molecule has 28 heavy (non-hydrogen) atoms. The fourth-order valence-electron chi connectivity index (χ4n) is 3.42. The quantitative estimate of drug-likeness (QED) is 0.642. The molecule has 1 aromatic heterocycles. The van der Waals surface area contributed by atoms with Crippen molar-refractivity contribution in [2.24, 2.45) is 0 Å². The van der Waals surface area contributed by atoms with Gasteiger partial charge in [0.1, 0.15) is 5.69 Å². The van der Waals surface area contributed by atoms with Gasteiger partial charge in [-0.2, -0.15) is 0 Å². The van der Waals surface area contributed by atoms with Crippen LogP contribution < -0.4 is 10.2 Å². The third-order valence-electron chi connectivity index (χ3n) is 4.94. The number of amides is 1. The molecule has 1 aliphatic heterocycles. The number of hydrogen-bond acceptors (Lipinski definition) is 4. The van der Waals surface area contributed by atoms with Crippen LogP contribution in [0, 0.1) is 13.8 Å². The molecule has 1 amide bonds. The number of pyridine rings is 1. The number of carbonyl (C=O) groups excluding carboxylic acids is 1. The maximum absolute atomic E-state index is 12.9. The third-order valence-corrected chi connectivity index (χ3v) is 5.83. The largest absolute Gasteiger partial charge is 0.378 e. The molecule has 1 N–H and O–H groups in total. The molecule has 0 unspecified atom stereocenters. The fraction of sp³-hybridized carbons (Fsp3) is 0.273. The number of halogens is 1. The summed E-state index contributed by atoms with van der Waals surface area (Å²) in [5, 5.41) is 4.03. The minimum Gasteiger partial charge on any atom is -0.378 e. The van der Waals surface area contributed by atoms with Crippen molar-refractivity contribution in [2.75, 3.05) is 36.5 Å². The van der Waals surface area contributed by atoms with Gasteiger partial charge in [0, 0.05) is 34.3 Å². The average Bonchev–Trinajstić information content (AvgIpc) is 2.70. The third kappa shape index (κ3) is 3.88. The Morgan fingerprint density at radius 1 is 1.11 bits per heavy atom. The van der Waals surface area contributed by atoms with Crippen LogP contribution in [0.2, 0.25) is 0 Å². The van der Waals surface area contributed by atoms with Crippen molar-refractivity contribution in [3.63, 3.8) is 0 Å². The Morgan fingerprint density at radius 3 is 2.64 bits per heavy atom. The number of ether oxygens (including phenoxy) is 1. The van der Waals surface area contributed by atoms with Gasteiger partial charge in [0.2, 0.25) is 0 Å². The van der Waals surface area contributed by atoms with Crippen LogP contribution in [0.1, 0.15) is 21.6 Å². The summed E-state index contributed by atoms with van der Waals surface area (Å²) in [6.45, 7) is 7.05. The highest BCUT2D eigenvalue weighted by Gasteiger charge is 2.18. The monoisotopic (exact) mass is 439 g/mol. The zero-order chi connectivity index (χ0) is 19.7. The first-order valence-electron chi connectivity index (χ1n) is 9.33. The van der Waals surface area contributed by atoms with E-state index < -0.39 is 0 Å². The Labute approximate surface area is 172 Å². The number of nitrogens with one attached hydrogen (secondary N) is 1. The molecule has 0 bridgehead atoms. The Kier molecular flexibility index (Phi) is 5.33. The van der Waals surface area contributed by atoms with Gasteiger partial charge in [-0.05, 0) is 55.8 Å². The Balaban J connectivity index is 1.72. The number of nitrogens with zero attached hydrogens (tertiary/aromatic N) is 2. The van der Waals surface area contributed by atoms with Gasteiger partial charge in [-0.1, -0.05) is 27.6 Å². The van der Waals surface area contributed by atoms with E-state index in [1.165, 1.54) is 5.56 Å². The van der Waals surface area contributed by atoms with E-state index in [2.05, 4.69) is 44.1 Å². The number of carbonyl (C=O) groups is 1. The maximum Gasteiger partial charge on any atom is 0.274 e. The van der Waals surface area contributed by atoms with Crippen LogP contribution in [0.4, 0.5) is 11.4 Å². The van der Waals surface area contributed by atoms with Gasteiger partial charge in [-0.25, -0.2) is 4.98 Å². The topological polar surface area (TPSA) is 54.5 Å². The second kappa shape index (κ2) is 7.89. The number of rotatable bonds is 3. The van der Waals surface area contributed by atoms with Gasteiger partial charge < -0.3 is 15.0 Å². The maximum atomic E-state index is 12.9. The molecule has 2 heterocycles. The van der Waals surface area contributed by atoms with E-state index in [1.807, 2.05) is 43.3 Å². The van der Waals surface area contributed by atoms with Crippen LogP contribution in [-0.2, 0) is 4.74 Å². The average molecular weight is 440 g/mol. The summed E-state index contributed by atoms with van der Waals surface area (Å²) in [7, 11) is 0. The first-order chi connectivity index (χ1) is 13.5. The summed E-state index contributed by atoms with van der Waals surface area (Å²) in [4.78, 5) is 19.8. The number of aromatic nitrogens is 1. The number of benzene rings is 2. The molecule has 5 nitrogen and oxygen atoms in total. The zero-order valence-electron chi connectivity index (χ0n) is 16.0. The van der Waals surface area contributed by atoms with Crippen molar-refractivity contribution in [3.05, 3.63) is 63.8 Å². The Morgan fingerprint density at radius 2 is 1.89 bits per heavy atom. The molecule has 0 spiro atoms. The highest BCUT2D eigenvalue weighted by atomic mass is 79.9. The van der Waals surface area contributed by atoms with Crippen molar-refractivity contribution in [3.8, 4) is 0 Å². The van der Waals surface area contributed by atoms with E-state index in [0.717, 1.165) is 45.4 Å². The number of hydrogen-bond donors (Lipinski definition) is 1. The smallest absolute Gasteiger partial charge is 0.274 e. The minimum atomic E-state index is -0.210. The lowest BCUT2D eigenvalue weighted by atomic mass is 10.1. The number of fused-ring (bicyclic) bond motifs is 1. The van der Waals surface area contributed by atoms with Crippen LogP contribution in [0.15, 0.2) is 46.9 Å². The van der Waals surface area contributed by atoms with Crippen LogP contribution in [0.25, 0.3) is 10.9 Å². The number of anilines is 2. The molecule has 0 atom stereocenters. The van der Waals surface area contributed by atoms with Crippen molar-refractivity contribution in [1.82, 2.24) is 4.98 Å². The van der Waals surface area contributed by atoms with Crippen LogP contribution >= 0.6 is 15.9 Å². The minimum absolute atomic E-state index is 0.210. The Hall–Kier alpha value is -2.44. The molecule has 2 aromatic carbocycles. The normalized spacial score (nSPS) is 14.3. The first kappa shape index (κ1) is 18.9. The molecule has 3 aromatic rings. The van der Waals surface area contributed by atoms with E-state index in [4.69, 9.17) is 4.74 Å². The Bertz CT molecular complexity index is 1050. The molecular formula is C22H22BrN3O2. The second-order valence-electron chi connectivity index (χ2n) is 7.06. The molecule has 6 heteroatoms. The lowest BCUT2D eigenvalue weighted by Gasteiger charge is -2.30. The summed E-state index contributed by atoms with van der Waals surface area (Å²) in [5.74, 6) is -0.210. The molecule has 1 aliphatic rings. The van der Waals surface area contributed by atoms with Crippen LogP contribution in [0.3, 0.4) is 0 Å². The van der Waals surface area contributed by atoms with Gasteiger partial charge >= 0.3 is 0 Å². The second-order valence-corrected chi connectivity index (χ2v) is 7.92. The van der Waals surface area contributed by atoms with Crippen LogP contribution in [0.5, 0.6) is 0 Å². The summed E-state index contributed by atoms with van der Waals surface area (Å²) in [6, 6.07) is 13.8. The van der Waals surface area contributed by atoms with Crippen molar-refractivity contribution < 1.29 is 9.53 Å². The molecule has 144 valence electrons. The van der Waals surface area contributed by atoms with Crippen molar-refractivity contribution >= 4 is 44.1 Å². The SMILES string of the molecule is Cc1ccc2nc(C(=O)Nc3ccc(Br)c(C)c3)cc(N3CCOCC3)c2c1. The standard InChI is InChI=1S/C22H22BrN3O2/c1-14-3-6-19-17(11-14)21(26-7-9-28-10-8-26)13-20(25-19)22(27)24-16-4-5-18(23)15(2)12-16/h3-6,11-13H,7-10H2,1-2H3,(H,24,27). The van der Waals surface area contributed by atoms with Crippen molar-refractivity contribution in [1.29, 1.82) is 0 Å². The van der Waals surface area contributed by atoms with Crippen LogP contribution in [-0.4, -0.2) is 37.2 Å².